The van der Waals surface area contributed by atoms with E-state index in [1.54, 1.807) is 24.3 Å². The van der Waals surface area contributed by atoms with Gasteiger partial charge in [0.25, 0.3) is 0 Å². The van der Waals surface area contributed by atoms with E-state index >= 15 is 0 Å². The molecule has 0 saturated carbocycles. The summed E-state index contributed by atoms with van der Waals surface area (Å²) in [6.45, 7) is 0. The van der Waals surface area contributed by atoms with Crippen molar-refractivity contribution in [1.29, 1.82) is 31.7 Å². The first-order chi connectivity index (χ1) is 14.6. The summed E-state index contributed by atoms with van der Waals surface area (Å²) in [5, 5.41) is 54.0. The molecule has 0 amide bonds. The van der Waals surface area contributed by atoms with E-state index in [4.69, 9.17) is 5.41 Å². The Bertz CT molecular complexity index is 1620. The molecule has 0 unspecified atom stereocenters. The Morgan fingerprint density at radius 2 is 0.733 bits per heavy atom. The fourth-order valence-electron chi connectivity index (χ4n) is 2.80. The summed E-state index contributed by atoms with van der Waals surface area (Å²) in [4.78, 5) is 25.0. The van der Waals surface area contributed by atoms with Crippen molar-refractivity contribution in [3.63, 3.8) is 0 Å². The van der Waals surface area contributed by atoms with Crippen LogP contribution in [0.5, 0.6) is 0 Å². The van der Waals surface area contributed by atoms with Crippen LogP contribution in [0.1, 0.15) is 34.2 Å². The van der Waals surface area contributed by atoms with Crippen LogP contribution < -0.4 is 0 Å². The molecular formula is C18H2N12. The molecule has 1 N–H and O–H groups in total. The van der Waals surface area contributed by atoms with Gasteiger partial charge in [0, 0.05) is 6.21 Å². The number of hydrogen-bond donors (Lipinski definition) is 1. The second-order valence-corrected chi connectivity index (χ2v) is 5.59. The first kappa shape index (κ1) is 17.8. The largest absolute Gasteiger partial charge is 0.306 e. The quantitative estimate of drug-likeness (QED) is 0.357. The molecule has 0 atom stereocenters. The molecule has 4 rings (SSSR count). The highest BCUT2D eigenvalue weighted by Crippen LogP contribution is 2.30. The molecule has 0 bridgehead atoms. The highest BCUT2D eigenvalue weighted by Gasteiger charge is 2.22. The average Bonchev–Trinajstić information content (AvgIpc) is 2.81. The molecular weight excluding hydrogens is 384 g/mol. The van der Waals surface area contributed by atoms with Gasteiger partial charge >= 0.3 is 0 Å². The molecule has 12 nitrogen and oxygen atoms in total. The number of nitrogens with zero attached hydrogens (tertiary/aromatic N) is 11. The van der Waals surface area contributed by atoms with Crippen LogP contribution >= 0.6 is 0 Å². The zero-order chi connectivity index (χ0) is 21.4. The van der Waals surface area contributed by atoms with Crippen LogP contribution in [0, 0.1) is 62.1 Å². The molecule has 0 radical (unpaired) electrons. The lowest BCUT2D eigenvalue weighted by Crippen LogP contribution is -2.06. The number of nitrogens with one attached hydrogen (secondary N) is 1. The first-order valence-electron chi connectivity index (χ1n) is 7.88. The van der Waals surface area contributed by atoms with Crippen molar-refractivity contribution in [3.8, 4) is 30.3 Å². The van der Waals surface area contributed by atoms with Crippen LogP contribution in [0.2, 0.25) is 0 Å². The van der Waals surface area contributed by atoms with E-state index in [-0.39, 0.29) is 67.3 Å². The van der Waals surface area contributed by atoms with E-state index in [1.807, 2.05) is 6.07 Å². The molecule has 0 aliphatic rings. The maximum Gasteiger partial charge on any atom is 0.177 e. The standard InChI is InChI=1S/C18H2N12/c19-1-7-8(2-20)26-14-13(25-7)15-17(29-10(4-22)9(3-21)27-15)18-16(14)28-11(5-23)12(6-24)30-18/h1,19H. The third kappa shape index (κ3) is 2.32. The minimum atomic E-state index is -0.278. The SMILES string of the molecule is N#Cc1nc2c3nc(C#N)c(C#N)nc3c3nc(C=N)c(C#N)nc3c2nc1C#N. The van der Waals surface area contributed by atoms with Crippen molar-refractivity contribution in [1.82, 2.24) is 29.9 Å². The van der Waals surface area contributed by atoms with Gasteiger partial charge in [-0.25, -0.2) is 29.9 Å². The Kier molecular flexibility index (Phi) is 3.85. The van der Waals surface area contributed by atoms with Crippen LogP contribution in [-0.2, 0) is 0 Å². The fraction of sp³-hybridized carbons (Fsp3) is 0. The number of nitriles is 5. The summed E-state index contributed by atoms with van der Waals surface area (Å²) in [6.07, 6.45) is 0.828. The van der Waals surface area contributed by atoms with Gasteiger partial charge < -0.3 is 5.41 Å². The predicted octanol–water partition coefficient (Wildman–Crippen LogP) is 0.872. The van der Waals surface area contributed by atoms with Gasteiger partial charge in [-0.1, -0.05) is 0 Å². The van der Waals surface area contributed by atoms with Crippen LogP contribution in [-0.4, -0.2) is 36.1 Å². The van der Waals surface area contributed by atoms with Crippen molar-refractivity contribution in [3.05, 3.63) is 34.2 Å². The van der Waals surface area contributed by atoms with Gasteiger partial charge in [0.05, 0.1) is 0 Å². The van der Waals surface area contributed by atoms with E-state index in [9.17, 15) is 26.3 Å². The summed E-state index contributed by atoms with van der Waals surface area (Å²) < 4.78 is 0. The Morgan fingerprint density at radius 3 is 1.00 bits per heavy atom. The second-order valence-electron chi connectivity index (χ2n) is 5.59. The number of aromatic nitrogens is 6. The van der Waals surface area contributed by atoms with Crippen molar-refractivity contribution in [2.75, 3.05) is 0 Å². The van der Waals surface area contributed by atoms with Crippen molar-refractivity contribution in [2.24, 2.45) is 0 Å². The minimum Gasteiger partial charge on any atom is -0.306 e. The fourth-order valence-corrected chi connectivity index (χ4v) is 2.80. The maximum absolute atomic E-state index is 9.33. The highest BCUT2D eigenvalue weighted by molar-refractivity contribution is 6.18. The Labute approximate surface area is 166 Å². The first-order valence-corrected chi connectivity index (χ1v) is 7.88. The molecule has 4 aromatic rings. The third-order valence-corrected chi connectivity index (χ3v) is 4.05. The second kappa shape index (κ2) is 6.51. The number of rotatable bonds is 1. The van der Waals surface area contributed by atoms with E-state index in [0.717, 1.165) is 6.21 Å². The topological polar surface area (TPSA) is 220 Å². The summed E-state index contributed by atoms with van der Waals surface area (Å²) in [5.41, 5.74) is -1.21. The molecule has 30 heavy (non-hydrogen) atoms. The van der Waals surface area contributed by atoms with E-state index in [0.29, 0.717) is 0 Å². The molecule has 0 aliphatic carbocycles. The van der Waals surface area contributed by atoms with E-state index in [1.165, 1.54) is 0 Å². The number of benzene rings is 1. The zero-order valence-corrected chi connectivity index (χ0v) is 14.5. The van der Waals surface area contributed by atoms with Crippen molar-refractivity contribution in [2.45, 2.75) is 0 Å². The van der Waals surface area contributed by atoms with Gasteiger partial charge in [-0.3, -0.25) is 0 Å². The monoisotopic (exact) mass is 386 g/mol. The van der Waals surface area contributed by atoms with Gasteiger partial charge in [0.1, 0.15) is 69.1 Å². The van der Waals surface area contributed by atoms with Crippen molar-refractivity contribution < 1.29 is 0 Å². The lowest BCUT2D eigenvalue weighted by molar-refractivity contribution is 1.16. The van der Waals surface area contributed by atoms with Gasteiger partial charge in [-0.15, -0.1) is 0 Å². The highest BCUT2D eigenvalue weighted by atomic mass is 14.9. The normalized spacial score (nSPS) is 9.97. The molecule has 134 valence electrons. The average molecular weight is 386 g/mol. The number of hydrogen-bond acceptors (Lipinski definition) is 12. The summed E-state index contributed by atoms with van der Waals surface area (Å²) >= 11 is 0. The van der Waals surface area contributed by atoms with Crippen LogP contribution in [0.3, 0.4) is 0 Å². The lowest BCUT2D eigenvalue weighted by atomic mass is 10.1. The van der Waals surface area contributed by atoms with Crippen molar-refractivity contribution >= 4 is 39.3 Å². The molecule has 0 fully saturated rings. The Hall–Kier alpha value is -5.64. The van der Waals surface area contributed by atoms with E-state index < -0.39 is 0 Å². The van der Waals surface area contributed by atoms with Gasteiger partial charge in [0.2, 0.25) is 0 Å². The molecule has 3 aromatic heterocycles. The smallest absolute Gasteiger partial charge is 0.177 e. The molecule has 0 aliphatic heterocycles. The van der Waals surface area contributed by atoms with Gasteiger partial charge in [0.15, 0.2) is 28.5 Å². The minimum absolute atomic E-state index is 0.00216. The maximum atomic E-state index is 9.33. The molecule has 0 saturated heterocycles. The summed E-state index contributed by atoms with van der Waals surface area (Å²) in [5.74, 6) is 0. The van der Waals surface area contributed by atoms with Crippen LogP contribution in [0.25, 0.3) is 33.1 Å². The van der Waals surface area contributed by atoms with Gasteiger partial charge in [-0.2, -0.15) is 26.3 Å². The predicted molar refractivity (Wildman–Crippen MR) is 97.2 cm³/mol. The third-order valence-electron chi connectivity index (χ3n) is 4.05. The van der Waals surface area contributed by atoms with Crippen LogP contribution in [0.15, 0.2) is 0 Å². The molecule has 12 heteroatoms. The number of fused-ring (bicyclic) bond motifs is 6. The lowest BCUT2D eigenvalue weighted by Gasteiger charge is -2.09. The molecule has 3 heterocycles. The van der Waals surface area contributed by atoms with E-state index in [2.05, 4.69) is 29.9 Å². The summed E-state index contributed by atoms with van der Waals surface area (Å²) in [6, 6.07) is 8.89. The Balaban J connectivity index is 2.42. The van der Waals surface area contributed by atoms with Gasteiger partial charge in [-0.05, 0) is 0 Å². The molecule has 1 aromatic carbocycles. The summed E-state index contributed by atoms with van der Waals surface area (Å²) in [7, 11) is 0. The zero-order valence-electron chi connectivity index (χ0n) is 14.5. The molecule has 0 spiro atoms. The Morgan fingerprint density at radius 1 is 0.467 bits per heavy atom. The van der Waals surface area contributed by atoms with Crippen LogP contribution in [0.4, 0.5) is 0 Å².